The van der Waals surface area contributed by atoms with Crippen LogP contribution in [0.4, 0.5) is 18.9 Å². The Labute approximate surface area is 149 Å². The van der Waals surface area contributed by atoms with E-state index < -0.39 is 29.0 Å². The molecule has 0 aliphatic heterocycles. The van der Waals surface area contributed by atoms with Crippen LogP contribution in [0.25, 0.3) is 0 Å². The van der Waals surface area contributed by atoms with Crippen LogP contribution in [0.15, 0.2) is 52.2 Å². The minimum Gasteiger partial charge on any atom is -0.319 e. The van der Waals surface area contributed by atoms with E-state index in [0.717, 1.165) is 28.5 Å². The molecule has 1 aromatic heterocycles. The standard InChI is InChI=1S/C17H11F3N2OS2/c18-13-5-6-14(16(20)15(13)19)22-17(23)10-1-3-12(4-2-10)25-8-11-7-24-9-21-11/h1-7,9H,8H2,(H,22,23). The Hall–Kier alpha value is -2.32. The molecule has 0 aliphatic carbocycles. The number of rotatable bonds is 5. The first kappa shape index (κ1) is 17.5. The smallest absolute Gasteiger partial charge is 0.255 e. The van der Waals surface area contributed by atoms with Crippen LogP contribution in [0.3, 0.4) is 0 Å². The third-order valence-corrected chi connectivity index (χ3v) is 4.95. The monoisotopic (exact) mass is 380 g/mol. The quantitative estimate of drug-likeness (QED) is 0.494. The molecule has 3 rings (SSSR count). The maximum Gasteiger partial charge on any atom is 0.255 e. The van der Waals surface area contributed by atoms with E-state index in [2.05, 4.69) is 10.3 Å². The van der Waals surface area contributed by atoms with Gasteiger partial charge in [0.1, 0.15) is 0 Å². The molecule has 8 heteroatoms. The molecule has 0 bridgehead atoms. The van der Waals surface area contributed by atoms with E-state index in [-0.39, 0.29) is 5.56 Å². The Bertz CT molecular complexity index is 884. The van der Waals surface area contributed by atoms with Crippen molar-refractivity contribution in [1.29, 1.82) is 0 Å². The lowest BCUT2D eigenvalue weighted by atomic mass is 10.2. The summed E-state index contributed by atoms with van der Waals surface area (Å²) >= 11 is 3.10. The first-order valence-corrected chi connectivity index (χ1v) is 9.02. The van der Waals surface area contributed by atoms with Gasteiger partial charge in [-0.3, -0.25) is 4.79 Å². The topological polar surface area (TPSA) is 42.0 Å². The molecule has 0 spiro atoms. The fourth-order valence-electron chi connectivity index (χ4n) is 1.99. The van der Waals surface area contributed by atoms with Gasteiger partial charge in [-0.25, -0.2) is 18.2 Å². The molecule has 3 aromatic rings. The molecule has 0 unspecified atom stereocenters. The number of amides is 1. The molecule has 0 saturated heterocycles. The molecule has 2 aromatic carbocycles. The van der Waals surface area contributed by atoms with Gasteiger partial charge in [0.15, 0.2) is 17.5 Å². The zero-order chi connectivity index (χ0) is 17.8. The summed E-state index contributed by atoms with van der Waals surface area (Å²) in [5.74, 6) is -4.25. The summed E-state index contributed by atoms with van der Waals surface area (Å²) in [5, 5.41) is 4.20. The van der Waals surface area contributed by atoms with Gasteiger partial charge in [-0.15, -0.1) is 23.1 Å². The van der Waals surface area contributed by atoms with Gasteiger partial charge in [-0.1, -0.05) is 0 Å². The maximum atomic E-state index is 13.6. The van der Waals surface area contributed by atoms with E-state index in [0.29, 0.717) is 0 Å². The largest absolute Gasteiger partial charge is 0.319 e. The number of benzene rings is 2. The number of halogens is 3. The summed E-state index contributed by atoms with van der Waals surface area (Å²) in [7, 11) is 0. The second kappa shape index (κ2) is 7.71. The lowest BCUT2D eigenvalue weighted by Gasteiger charge is -2.08. The molecule has 1 heterocycles. The van der Waals surface area contributed by atoms with Crippen LogP contribution in [0.2, 0.25) is 0 Å². The van der Waals surface area contributed by atoms with Gasteiger partial charge in [0, 0.05) is 21.6 Å². The minimum atomic E-state index is -1.62. The van der Waals surface area contributed by atoms with Gasteiger partial charge in [-0.2, -0.15) is 0 Å². The molecule has 0 aliphatic rings. The Balaban J connectivity index is 1.65. The summed E-state index contributed by atoms with van der Waals surface area (Å²) in [5.41, 5.74) is 2.61. The number of hydrogen-bond donors (Lipinski definition) is 1. The van der Waals surface area contributed by atoms with Crippen LogP contribution in [0, 0.1) is 17.5 Å². The second-order valence-corrected chi connectivity index (χ2v) is 6.74. The molecular weight excluding hydrogens is 369 g/mol. The highest BCUT2D eigenvalue weighted by Gasteiger charge is 2.16. The Morgan fingerprint density at radius 1 is 1.08 bits per heavy atom. The highest BCUT2D eigenvalue weighted by molar-refractivity contribution is 7.98. The van der Waals surface area contributed by atoms with Crippen molar-refractivity contribution in [3.8, 4) is 0 Å². The van der Waals surface area contributed by atoms with Gasteiger partial charge in [-0.05, 0) is 36.4 Å². The molecule has 128 valence electrons. The lowest BCUT2D eigenvalue weighted by molar-refractivity contribution is 0.102. The molecule has 0 atom stereocenters. The highest BCUT2D eigenvalue weighted by atomic mass is 32.2. The first-order chi connectivity index (χ1) is 12.0. The van der Waals surface area contributed by atoms with Crippen molar-refractivity contribution in [2.75, 3.05) is 5.32 Å². The lowest BCUT2D eigenvalue weighted by Crippen LogP contribution is -2.13. The zero-order valence-electron chi connectivity index (χ0n) is 12.6. The Morgan fingerprint density at radius 2 is 1.84 bits per heavy atom. The molecular formula is C17H11F3N2OS2. The van der Waals surface area contributed by atoms with Gasteiger partial charge in [0.2, 0.25) is 0 Å². The van der Waals surface area contributed by atoms with Crippen LogP contribution in [0.1, 0.15) is 16.1 Å². The highest BCUT2D eigenvalue weighted by Crippen LogP contribution is 2.24. The zero-order valence-corrected chi connectivity index (χ0v) is 14.3. The van der Waals surface area contributed by atoms with E-state index >= 15 is 0 Å². The number of carbonyl (C=O) groups is 1. The van der Waals surface area contributed by atoms with E-state index in [1.54, 1.807) is 41.5 Å². The average molecular weight is 380 g/mol. The van der Waals surface area contributed by atoms with Crippen LogP contribution in [-0.4, -0.2) is 10.9 Å². The third-order valence-electron chi connectivity index (χ3n) is 3.27. The van der Waals surface area contributed by atoms with Crippen molar-refractivity contribution in [2.24, 2.45) is 0 Å². The summed E-state index contributed by atoms with van der Waals surface area (Å²) in [6.07, 6.45) is 0. The predicted octanol–water partition coefficient (Wildman–Crippen LogP) is 5.11. The van der Waals surface area contributed by atoms with E-state index in [1.165, 1.54) is 11.3 Å². The molecule has 1 N–H and O–H groups in total. The molecule has 0 saturated carbocycles. The molecule has 1 amide bonds. The number of hydrogen-bond acceptors (Lipinski definition) is 4. The average Bonchev–Trinajstić information content (AvgIpc) is 3.14. The van der Waals surface area contributed by atoms with Crippen molar-refractivity contribution in [2.45, 2.75) is 10.6 Å². The number of thioether (sulfide) groups is 1. The Kier molecular flexibility index (Phi) is 5.40. The molecule has 0 radical (unpaired) electrons. The minimum absolute atomic E-state index is 0.280. The van der Waals surface area contributed by atoms with Gasteiger partial charge < -0.3 is 5.32 Å². The molecule has 3 nitrogen and oxygen atoms in total. The maximum absolute atomic E-state index is 13.6. The molecule has 25 heavy (non-hydrogen) atoms. The number of nitrogens with one attached hydrogen (secondary N) is 1. The van der Waals surface area contributed by atoms with E-state index in [1.807, 2.05) is 5.38 Å². The first-order valence-electron chi connectivity index (χ1n) is 7.09. The summed E-state index contributed by atoms with van der Waals surface area (Å²) in [6.45, 7) is 0. The normalized spacial score (nSPS) is 10.7. The third kappa shape index (κ3) is 4.21. The van der Waals surface area contributed by atoms with Crippen molar-refractivity contribution in [3.05, 3.63) is 76.0 Å². The number of nitrogens with zero attached hydrogens (tertiary/aromatic N) is 1. The van der Waals surface area contributed by atoms with Crippen LogP contribution in [0.5, 0.6) is 0 Å². The number of thiazole rings is 1. The van der Waals surface area contributed by atoms with E-state index in [4.69, 9.17) is 0 Å². The SMILES string of the molecule is O=C(Nc1ccc(F)c(F)c1F)c1ccc(SCc2cscn2)cc1. The van der Waals surface area contributed by atoms with Crippen molar-refractivity contribution >= 4 is 34.7 Å². The summed E-state index contributed by atoms with van der Waals surface area (Å²) in [6, 6.07) is 8.41. The van der Waals surface area contributed by atoms with Gasteiger partial charge in [0.25, 0.3) is 5.91 Å². The fraction of sp³-hybridized carbons (Fsp3) is 0.0588. The number of carbonyl (C=O) groups excluding carboxylic acids is 1. The van der Waals surface area contributed by atoms with E-state index in [9.17, 15) is 18.0 Å². The predicted molar refractivity (Wildman–Crippen MR) is 92.4 cm³/mol. The molecule has 0 fully saturated rings. The Morgan fingerprint density at radius 3 is 2.52 bits per heavy atom. The second-order valence-electron chi connectivity index (χ2n) is 4.97. The van der Waals surface area contributed by atoms with Crippen molar-refractivity contribution in [1.82, 2.24) is 4.98 Å². The van der Waals surface area contributed by atoms with Crippen LogP contribution >= 0.6 is 23.1 Å². The fourth-order valence-corrected chi connectivity index (χ4v) is 3.45. The van der Waals surface area contributed by atoms with Gasteiger partial charge in [0.05, 0.1) is 16.9 Å². The van der Waals surface area contributed by atoms with Crippen LogP contribution in [-0.2, 0) is 5.75 Å². The number of anilines is 1. The van der Waals surface area contributed by atoms with Gasteiger partial charge >= 0.3 is 0 Å². The van der Waals surface area contributed by atoms with Crippen LogP contribution < -0.4 is 5.32 Å². The van der Waals surface area contributed by atoms with Crippen molar-refractivity contribution in [3.63, 3.8) is 0 Å². The summed E-state index contributed by atoms with van der Waals surface area (Å²) in [4.78, 5) is 17.2. The summed E-state index contributed by atoms with van der Waals surface area (Å²) < 4.78 is 39.7. The number of aromatic nitrogens is 1. The van der Waals surface area contributed by atoms with Crippen molar-refractivity contribution < 1.29 is 18.0 Å².